The van der Waals surface area contributed by atoms with Gasteiger partial charge in [0.1, 0.15) is 0 Å². The van der Waals surface area contributed by atoms with Crippen molar-refractivity contribution in [2.45, 2.75) is 38.6 Å². The van der Waals surface area contributed by atoms with Crippen molar-refractivity contribution in [3.63, 3.8) is 0 Å². The van der Waals surface area contributed by atoms with Crippen LogP contribution < -0.4 is 5.32 Å². The Kier molecular flexibility index (Phi) is 7.33. The molecule has 0 spiro atoms. The zero-order valence-electron chi connectivity index (χ0n) is 13.5. The van der Waals surface area contributed by atoms with Gasteiger partial charge in [0.25, 0.3) is 0 Å². The van der Waals surface area contributed by atoms with Crippen LogP contribution in [0.1, 0.15) is 31.9 Å². The summed E-state index contributed by atoms with van der Waals surface area (Å²) in [5, 5.41) is 3.00. The fourth-order valence-corrected chi connectivity index (χ4v) is 2.67. The van der Waals surface area contributed by atoms with Crippen LogP contribution in [0, 0.1) is 0 Å². The van der Waals surface area contributed by atoms with Gasteiger partial charge >= 0.3 is 0 Å². The molecule has 5 nitrogen and oxygen atoms in total. The van der Waals surface area contributed by atoms with Crippen LogP contribution in [0.25, 0.3) is 0 Å². The third kappa shape index (κ3) is 6.12. The number of carbonyl (C=O) groups excluding carboxylic acids is 1. The number of carbonyl (C=O) groups is 1. The molecule has 2 rings (SSSR count). The number of aromatic nitrogens is 1. The standard InChI is InChI=1S/C17H27N3O2/c1-15(20-11-13-22-14-12-20)7-8-17(21)19-10-4-6-16-5-2-3-9-18-16/h2-3,5,9,15H,4,6-8,10-14H2,1H3,(H,19,21)/t15-/m0/s1. The summed E-state index contributed by atoms with van der Waals surface area (Å²) in [6.07, 6.45) is 5.15. The molecule has 22 heavy (non-hydrogen) atoms. The maximum absolute atomic E-state index is 11.9. The van der Waals surface area contributed by atoms with Crippen molar-refractivity contribution in [2.75, 3.05) is 32.8 Å². The lowest BCUT2D eigenvalue weighted by Crippen LogP contribution is -2.42. The van der Waals surface area contributed by atoms with Crippen molar-refractivity contribution in [1.29, 1.82) is 0 Å². The van der Waals surface area contributed by atoms with Crippen molar-refractivity contribution in [3.8, 4) is 0 Å². The highest BCUT2D eigenvalue weighted by Crippen LogP contribution is 2.09. The molecule has 1 aromatic rings. The highest BCUT2D eigenvalue weighted by Gasteiger charge is 2.17. The summed E-state index contributed by atoms with van der Waals surface area (Å²) >= 11 is 0. The maximum Gasteiger partial charge on any atom is 0.220 e. The first-order chi connectivity index (χ1) is 10.8. The topological polar surface area (TPSA) is 54.5 Å². The van der Waals surface area contributed by atoms with E-state index in [-0.39, 0.29) is 5.91 Å². The van der Waals surface area contributed by atoms with E-state index < -0.39 is 0 Å². The van der Waals surface area contributed by atoms with Gasteiger partial charge in [0, 0.05) is 44.0 Å². The molecule has 5 heteroatoms. The van der Waals surface area contributed by atoms with Crippen molar-refractivity contribution < 1.29 is 9.53 Å². The van der Waals surface area contributed by atoms with Crippen LogP contribution in [-0.2, 0) is 16.0 Å². The molecule has 2 heterocycles. The molecular formula is C17H27N3O2. The molecule has 122 valence electrons. The van der Waals surface area contributed by atoms with Crippen LogP contribution in [0.15, 0.2) is 24.4 Å². The van der Waals surface area contributed by atoms with E-state index in [2.05, 4.69) is 22.1 Å². The first-order valence-corrected chi connectivity index (χ1v) is 8.24. The fraction of sp³-hybridized carbons (Fsp3) is 0.647. The highest BCUT2D eigenvalue weighted by atomic mass is 16.5. The van der Waals surface area contributed by atoms with Crippen molar-refractivity contribution in [2.24, 2.45) is 0 Å². The van der Waals surface area contributed by atoms with Gasteiger partial charge in [0.2, 0.25) is 5.91 Å². The lowest BCUT2D eigenvalue weighted by atomic mass is 10.1. The average molecular weight is 305 g/mol. The van der Waals surface area contributed by atoms with Crippen LogP contribution >= 0.6 is 0 Å². The number of hydrogen-bond acceptors (Lipinski definition) is 4. The molecule has 0 saturated carbocycles. The summed E-state index contributed by atoms with van der Waals surface area (Å²) < 4.78 is 5.35. The van der Waals surface area contributed by atoms with E-state index in [0.29, 0.717) is 12.5 Å². The largest absolute Gasteiger partial charge is 0.379 e. The Morgan fingerprint density at radius 1 is 1.41 bits per heavy atom. The number of ether oxygens (including phenoxy) is 1. The van der Waals surface area contributed by atoms with Crippen LogP contribution in [0.2, 0.25) is 0 Å². The predicted octanol–water partition coefficient (Wildman–Crippen LogP) is 1.63. The van der Waals surface area contributed by atoms with Crippen LogP contribution in [0.5, 0.6) is 0 Å². The normalized spacial score (nSPS) is 17.1. The van der Waals surface area contributed by atoms with Gasteiger partial charge in [0.05, 0.1) is 13.2 Å². The van der Waals surface area contributed by atoms with E-state index in [1.54, 1.807) is 6.20 Å². The van der Waals surface area contributed by atoms with E-state index in [1.807, 2.05) is 18.2 Å². The van der Waals surface area contributed by atoms with Gasteiger partial charge in [-0.15, -0.1) is 0 Å². The number of nitrogens with one attached hydrogen (secondary N) is 1. The minimum atomic E-state index is 0.154. The minimum absolute atomic E-state index is 0.154. The second-order valence-electron chi connectivity index (χ2n) is 5.81. The van der Waals surface area contributed by atoms with E-state index in [4.69, 9.17) is 4.74 Å². The SMILES string of the molecule is C[C@@H](CCC(=O)NCCCc1ccccn1)N1CCOCC1. The van der Waals surface area contributed by atoms with Crippen LogP contribution in [0.3, 0.4) is 0 Å². The zero-order chi connectivity index (χ0) is 15.6. The number of pyridine rings is 1. The molecule has 0 bridgehead atoms. The van der Waals surface area contributed by atoms with E-state index in [1.165, 1.54) is 0 Å². The number of nitrogens with zero attached hydrogens (tertiary/aromatic N) is 2. The first kappa shape index (κ1) is 16.9. The van der Waals surface area contributed by atoms with Crippen molar-refractivity contribution >= 4 is 5.91 Å². The Morgan fingerprint density at radius 3 is 2.95 bits per heavy atom. The number of morpholine rings is 1. The van der Waals surface area contributed by atoms with E-state index >= 15 is 0 Å². The molecule has 1 aromatic heterocycles. The second-order valence-corrected chi connectivity index (χ2v) is 5.81. The molecule has 1 N–H and O–H groups in total. The Labute approximate surface area is 133 Å². The Hall–Kier alpha value is -1.46. The molecular weight excluding hydrogens is 278 g/mol. The average Bonchev–Trinajstić information content (AvgIpc) is 2.58. The zero-order valence-corrected chi connectivity index (χ0v) is 13.5. The fourth-order valence-electron chi connectivity index (χ4n) is 2.67. The third-order valence-electron chi connectivity index (χ3n) is 4.12. The molecule has 1 fully saturated rings. The van der Waals surface area contributed by atoms with Gasteiger partial charge in [-0.1, -0.05) is 6.07 Å². The summed E-state index contributed by atoms with van der Waals surface area (Å²) in [5.41, 5.74) is 1.08. The van der Waals surface area contributed by atoms with Gasteiger partial charge in [-0.2, -0.15) is 0 Å². The second kappa shape index (κ2) is 9.54. The Balaban J connectivity index is 1.54. The van der Waals surface area contributed by atoms with E-state index in [0.717, 1.165) is 57.8 Å². The number of rotatable bonds is 8. The Morgan fingerprint density at radius 2 is 2.23 bits per heavy atom. The summed E-state index contributed by atoms with van der Waals surface area (Å²) in [4.78, 5) is 18.6. The summed E-state index contributed by atoms with van der Waals surface area (Å²) in [6.45, 7) is 6.49. The molecule has 1 saturated heterocycles. The number of hydrogen-bond donors (Lipinski definition) is 1. The molecule has 0 unspecified atom stereocenters. The van der Waals surface area contributed by atoms with E-state index in [9.17, 15) is 4.79 Å². The Bertz CT molecular complexity index is 433. The number of aryl methyl sites for hydroxylation is 1. The highest BCUT2D eigenvalue weighted by molar-refractivity contribution is 5.75. The predicted molar refractivity (Wildman–Crippen MR) is 86.7 cm³/mol. The third-order valence-corrected chi connectivity index (χ3v) is 4.12. The van der Waals surface area contributed by atoms with Gasteiger partial charge in [0.15, 0.2) is 0 Å². The monoisotopic (exact) mass is 305 g/mol. The van der Waals surface area contributed by atoms with Gasteiger partial charge in [-0.25, -0.2) is 0 Å². The van der Waals surface area contributed by atoms with Crippen LogP contribution in [-0.4, -0.2) is 54.7 Å². The van der Waals surface area contributed by atoms with Gasteiger partial charge in [-0.05, 0) is 38.3 Å². The minimum Gasteiger partial charge on any atom is -0.379 e. The summed E-state index contributed by atoms with van der Waals surface area (Å²) in [7, 11) is 0. The molecule has 0 aliphatic carbocycles. The van der Waals surface area contributed by atoms with Crippen molar-refractivity contribution in [3.05, 3.63) is 30.1 Å². The van der Waals surface area contributed by atoms with Crippen molar-refractivity contribution in [1.82, 2.24) is 15.2 Å². The number of amides is 1. The first-order valence-electron chi connectivity index (χ1n) is 8.24. The summed E-state index contributed by atoms with van der Waals surface area (Å²) in [5.74, 6) is 0.154. The lowest BCUT2D eigenvalue weighted by Gasteiger charge is -2.32. The van der Waals surface area contributed by atoms with Gasteiger partial charge in [-0.3, -0.25) is 14.7 Å². The summed E-state index contributed by atoms with van der Waals surface area (Å²) in [6, 6.07) is 6.38. The molecule has 1 amide bonds. The van der Waals surface area contributed by atoms with Gasteiger partial charge < -0.3 is 10.1 Å². The maximum atomic E-state index is 11.9. The smallest absolute Gasteiger partial charge is 0.220 e. The molecule has 1 aliphatic rings. The molecule has 1 atom stereocenters. The quantitative estimate of drug-likeness (QED) is 0.742. The molecule has 1 aliphatic heterocycles. The van der Waals surface area contributed by atoms with Crippen LogP contribution in [0.4, 0.5) is 0 Å². The lowest BCUT2D eigenvalue weighted by molar-refractivity contribution is -0.121. The molecule has 0 aromatic carbocycles. The molecule has 0 radical (unpaired) electrons.